The summed E-state index contributed by atoms with van der Waals surface area (Å²) in [5.74, 6) is -7.18. The van der Waals surface area contributed by atoms with E-state index in [0.717, 1.165) is 12.3 Å². The van der Waals surface area contributed by atoms with E-state index in [1.807, 2.05) is 0 Å². The predicted octanol–water partition coefficient (Wildman–Crippen LogP) is 4.56. The van der Waals surface area contributed by atoms with Crippen molar-refractivity contribution in [2.45, 2.75) is 0 Å². The molecule has 0 aromatic heterocycles. The number of rotatable bonds is 3. The van der Waals surface area contributed by atoms with Gasteiger partial charge in [0.25, 0.3) is 5.69 Å². The van der Waals surface area contributed by atoms with Crippen LogP contribution >= 0.6 is 11.6 Å². The van der Waals surface area contributed by atoms with Gasteiger partial charge in [0.05, 0.1) is 10.5 Å². The molecule has 0 fully saturated rings. The van der Waals surface area contributed by atoms with Crippen molar-refractivity contribution in [2.75, 3.05) is 0 Å². The van der Waals surface area contributed by atoms with Crippen LogP contribution in [0.4, 0.5) is 28.9 Å². The van der Waals surface area contributed by atoms with Gasteiger partial charge >= 0.3 is 0 Å². The summed E-state index contributed by atoms with van der Waals surface area (Å²) in [6, 6.07) is 5.18. The molecule has 9 heteroatoms. The molecule has 0 unspecified atom stereocenters. The Kier molecular flexibility index (Phi) is 4.41. The van der Waals surface area contributed by atoms with Crippen molar-refractivity contribution in [1.82, 2.24) is 0 Å². The Morgan fingerprint density at radius 2 is 1.59 bits per heavy atom. The van der Waals surface area contributed by atoms with E-state index in [-0.39, 0.29) is 11.3 Å². The molecule has 2 rings (SSSR count). The number of nitro groups is 1. The number of para-hydroxylation sites is 1. The summed E-state index contributed by atoms with van der Waals surface area (Å²) >= 11 is 5.07. The molecule has 0 aliphatic rings. The zero-order chi connectivity index (χ0) is 16.4. The average molecular weight is 333 g/mol. The van der Waals surface area contributed by atoms with Crippen LogP contribution in [0.3, 0.4) is 0 Å². The van der Waals surface area contributed by atoms with Crippen LogP contribution in [0.1, 0.15) is 5.56 Å². The van der Waals surface area contributed by atoms with Crippen LogP contribution in [-0.4, -0.2) is 11.1 Å². The Balaban J connectivity index is 2.55. The van der Waals surface area contributed by atoms with E-state index in [0.29, 0.717) is 0 Å². The van der Waals surface area contributed by atoms with E-state index < -0.39 is 38.9 Å². The zero-order valence-electron chi connectivity index (χ0n) is 10.5. The van der Waals surface area contributed by atoms with E-state index in [2.05, 4.69) is 4.99 Å². The first-order chi connectivity index (χ1) is 10.3. The Hall–Kier alpha value is -2.48. The van der Waals surface area contributed by atoms with Crippen LogP contribution in [0, 0.1) is 33.4 Å². The van der Waals surface area contributed by atoms with Crippen molar-refractivity contribution in [3.63, 3.8) is 0 Å². The lowest BCUT2D eigenvalue weighted by atomic mass is 10.2. The molecule has 0 aliphatic heterocycles. The van der Waals surface area contributed by atoms with Crippen LogP contribution in [-0.2, 0) is 0 Å². The quantitative estimate of drug-likeness (QED) is 0.207. The summed E-state index contributed by atoms with van der Waals surface area (Å²) < 4.78 is 53.6. The second-order valence-electron chi connectivity index (χ2n) is 3.99. The topological polar surface area (TPSA) is 55.5 Å². The third kappa shape index (κ3) is 2.77. The highest BCUT2D eigenvalue weighted by molar-refractivity contribution is 6.31. The molecule has 0 bridgehead atoms. The minimum atomic E-state index is -1.80. The van der Waals surface area contributed by atoms with Gasteiger partial charge in [-0.1, -0.05) is 23.7 Å². The van der Waals surface area contributed by atoms with Crippen molar-refractivity contribution in [1.29, 1.82) is 0 Å². The van der Waals surface area contributed by atoms with Crippen molar-refractivity contribution in [2.24, 2.45) is 4.99 Å². The lowest BCUT2D eigenvalue weighted by molar-refractivity contribution is -0.385. The Bertz CT molecular complexity index is 767. The average Bonchev–Trinajstić information content (AvgIpc) is 2.51. The molecule has 2 aromatic rings. The fourth-order valence-electron chi connectivity index (χ4n) is 1.60. The van der Waals surface area contributed by atoms with Crippen LogP contribution in [0.2, 0.25) is 5.02 Å². The standard InChI is InChI=1S/C13H5ClF4N2O2/c14-8-9(15)11(17)13(12(18)10(8)16)19-5-6-3-1-2-4-7(6)20(21)22/h1-5H. The SMILES string of the molecule is O=[N+]([O-])c1ccccc1C=Nc1c(F)c(F)c(Cl)c(F)c1F. The first kappa shape index (κ1) is 15.9. The summed E-state index contributed by atoms with van der Waals surface area (Å²) in [5, 5.41) is 9.44. The molecule has 0 atom stereocenters. The molecule has 0 amide bonds. The molecule has 114 valence electrons. The smallest absolute Gasteiger partial charge is 0.258 e. The van der Waals surface area contributed by atoms with Gasteiger partial charge in [-0.05, 0) is 6.07 Å². The number of benzene rings is 2. The fraction of sp³-hybridized carbons (Fsp3) is 0. The minimum Gasteiger partial charge on any atom is -0.258 e. The summed E-state index contributed by atoms with van der Waals surface area (Å²) in [6.07, 6.45) is 0.729. The highest BCUT2D eigenvalue weighted by atomic mass is 35.5. The highest BCUT2D eigenvalue weighted by Gasteiger charge is 2.24. The number of nitrogens with zero attached hydrogens (tertiary/aromatic N) is 2. The van der Waals surface area contributed by atoms with Gasteiger partial charge in [-0.2, -0.15) is 0 Å². The first-order valence-electron chi connectivity index (χ1n) is 5.63. The second kappa shape index (κ2) is 6.10. The molecule has 4 nitrogen and oxygen atoms in total. The summed E-state index contributed by atoms with van der Waals surface area (Å²) in [6.45, 7) is 0. The van der Waals surface area contributed by atoms with E-state index in [1.54, 1.807) is 0 Å². The number of nitro benzene ring substituents is 1. The van der Waals surface area contributed by atoms with Gasteiger partial charge in [-0.25, -0.2) is 22.6 Å². The molecule has 2 aromatic carbocycles. The molecule has 0 aliphatic carbocycles. The summed E-state index contributed by atoms with van der Waals surface area (Å²) in [4.78, 5) is 13.3. The largest absolute Gasteiger partial charge is 0.278 e. The predicted molar refractivity (Wildman–Crippen MR) is 71.6 cm³/mol. The second-order valence-corrected chi connectivity index (χ2v) is 4.37. The van der Waals surface area contributed by atoms with Gasteiger partial charge in [0.1, 0.15) is 10.7 Å². The highest BCUT2D eigenvalue weighted by Crippen LogP contribution is 2.33. The first-order valence-corrected chi connectivity index (χ1v) is 6.01. The number of hydrogen-bond acceptors (Lipinski definition) is 3. The third-order valence-electron chi connectivity index (χ3n) is 2.65. The van der Waals surface area contributed by atoms with Crippen molar-refractivity contribution in [3.8, 4) is 0 Å². The molecule has 0 saturated heterocycles. The Morgan fingerprint density at radius 1 is 1.05 bits per heavy atom. The van der Waals surface area contributed by atoms with Crippen LogP contribution in [0.25, 0.3) is 0 Å². The van der Waals surface area contributed by atoms with E-state index >= 15 is 0 Å². The van der Waals surface area contributed by atoms with Crippen molar-refractivity contribution < 1.29 is 22.5 Å². The minimum absolute atomic E-state index is 0.0953. The zero-order valence-corrected chi connectivity index (χ0v) is 11.2. The van der Waals surface area contributed by atoms with Gasteiger partial charge in [0, 0.05) is 12.3 Å². The van der Waals surface area contributed by atoms with Crippen molar-refractivity contribution >= 4 is 29.2 Å². The lowest BCUT2D eigenvalue weighted by Gasteiger charge is -2.04. The lowest BCUT2D eigenvalue weighted by Crippen LogP contribution is -1.98. The van der Waals surface area contributed by atoms with Gasteiger partial charge in [0.2, 0.25) is 0 Å². The van der Waals surface area contributed by atoms with Gasteiger partial charge in [-0.15, -0.1) is 0 Å². The van der Waals surface area contributed by atoms with E-state index in [4.69, 9.17) is 11.6 Å². The summed E-state index contributed by atoms with van der Waals surface area (Å²) in [7, 11) is 0. The molecule has 0 saturated carbocycles. The molecule has 0 radical (unpaired) electrons. The maximum absolute atomic E-state index is 13.6. The van der Waals surface area contributed by atoms with Crippen LogP contribution in [0.15, 0.2) is 29.3 Å². The number of hydrogen-bond donors (Lipinski definition) is 0. The van der Waals surface area contributed by atoms with Gasteiger partial charge in [-0.3, -0.25) is 10.1 Å². The van der Waals surface area contributed by atoms with E-state index in [9.17, 15) is 27.7 Å². The van der Waals surface area contributed by atoms with Gasteiger partial charge in [0.15, 0.2) is 23.3 Å². The molecule has 0 spiro atoms. The molecular formula is C13H5ClF4N2O2. The van der Waals surface area contributed by atoms with E-state index in [1.165, 1.54) is 18.2 Å². The maximum Gasteiger partial charge on any atom is 0.278 e. The summed E-state index contributed by atoms with van der Waals surface area (Å²) in [5.41, 5.74) is -1.75. The number of halogens is 5. The fourth-order valence-corrected chi connectivity index (χ4v) is 1.77. The monoisotopic (exact) mass is 332 g/mol. The molecule has 22 heavy (non-hydrogen) atoms. The Labute approximate surface area is 125 Å². The third-order valence-corrected chi connectivity index (χ3v) is 2.98. The maximum atomic E-state index is 13.6. The molecular weight excluding hydrogens is 328 g/mol. The van der Waals surface area contributed by atoms with Crippen LogP contribution in [0.5, 0.6) is 0 Å². The number of aliphatic imine (C=N–C) groups is 1. The Morgan fingerprint density at radius 3 is 2.14 bits per heavy atom. The normalized spacial score (nSPS) is 11.1. The molecule has 0 N–H and O–H groups in total. The van der Waals surface area contributed by atoms with Gasteiger partial charge < -0.3 is 0 Å². The van der Waals surface area contributed by atoms with Crippen LogP contribution < -0.4 is 0 Å². The van der Waals surface area contributed by atoms with Crippen molar-refractivity contribution in [3.05, 3.63) is 68.2 Å². The molecule has 0 heterocycles.